The van der Waals surface area contributed by atoms with Crippen LogP contribution in [0.2, 0.25) is 0 Å². The van der Waals surface area contributed by atoms with Crippen LogP contribution < -0.4 is 5.32 Å². The average Bonchev–Trinajstić information content (AvgIpc) is 2.87. The van der Waals surface area contributed by atoms with Crippen LogP contribution in [0.5, 0.6) is 0 Å². The van der Waals surface area contributed by atoms with Crippen molar-refractivity contribution in [1.82, 2.24) is 5.32 Å². The molecule has 0 bridgehead atoms. The van der Waals surface area contributed by atoms with E-state index in [0.717, 1.165) is 11.3 Å². The SMILES string of the molecule is CSc1ccc(C(=O)NC2CCC(C(=O)O)C2)cc1. The number of aliphatic carboxylic acids is 1. The maximum Gasteiger partial charge on any atom is 0.306 e. The number of nitrogens with one attached hydrogen (secondary N) is 1. The molecular weight excluding hydrogens is 262 g/mol. The summed E-state index contributed by atoms with van der Waals surface area (Å²) in [7, 11) is 0. The molecule has 0 heterocycles. The number of carboxylic acids is 1. The molecule has 2 N–H and O–H groups in total. The van der Waals surface area contributed by atoms with E-state index in [0.29, 0.717) is 18.4 Å². The number of hydrogen-bond acceptors (Lipinski definition) is 3. The van der Waals surface area contributed by atoms with Crippen molar-refractivity contribution in [3.8, 4) is 0 Å². The summed E-state index contributed by atoms with van der Waals surface area (Å²) in [5.41, 5.74) is 0.622. The van der Waals surface area contributed by atoms with Gasteiger partial charge in [-0.3, -0.25) is 9.59 Å². The van der Waals surface area contributed by atoms with E-state index < -0.39 is 5.97 Å². The van der Waals surface area contributed by atoms with E-state index in [2.05, 4.69) is 5.32 Å². The van der Waals surface area contributed by atoms with Gasteiger partial charge in [-0.1, -0.05) is 0 Å². The van der Waals surface area contributed by atoms with Gasteiger partial charge in [-0.2, -0.15) is 0 Å². The fourth-order valence-corrected chi connectivity index (χ4v) is 2.76. The van der Waals surface area contributed by atoms with Crippen LogP contribution >= 0.6 is 11.8 Å². The Bertz CT molecular complexity index is 472. The molecule has 1 aromatic rings. The van der Waals surface area contributed by atoms with Crippen molar-refractivity contribution in [3.63, 3.8) is 0 Å². The van der Waals surface area contributed by atoms with Crippen LogP contribution in [-0.2, 0) is 4.79 Å². The van der Waals surface area contributed by atoms with Crippen LogP contribution in [0.4, 0.5) is 0 Å². The molecule has 19 heavy (non-hydrogen) atoms. The van der Waals surface area contributed by atoms with E-state index in [9.17, 15) is 9.59 Å². The van der Waals surface area contributed by atoms with Crippen molar-refractivity contribution in [3.05, 3.63) is 29.8 Å². The quantitative estimate of drug-likeness (QED) is 0.831. The Morgan fingerprint density at radius 2 is 1.95 bits per heavy atom. The zero-order valence-corrected chi connectivity index (χ0v) is 11.6. The van der Waals surface area contributed by atoms with Gasteiger partial charge in [-0.25, -0.2) is 0 Å². The first kappa shape index (κ1) is 13.9. The molecule has 5 heteroatoms. The summed E-state index contributed by atoms with van der Waals surface area (Å²) in [5, 5.41) is 11.8. The summed E-state index contributed by atoms with van der Waals surface area (Å²) >= 11 is 1.63. The molecule has 0 saturated heterocycles. The van der Waals surface area contributed by atoms with Gasteiger partial charge in [0.2, 0.25) is 0 Å². The molecule has 1 aliphatic rings. The Labute approximate surface area is 116 Å². The minimum atomic E-state index is -0.763. The molecular formula is C14H17NO3S. The lowest BCUT2D eigenvalue weighted by molar-refractivity contribution is -0.141. The molecule has 1 aromatic carbocycles. The number of carboxylic acid groups (broad SMARTS) is 1. The van der Waals surface area contributed by atoms with E-state index in [1.807, 2.05) is 18.4 Å². The first-order valence-corrected chi connectivity index (χ1v) is 7.50. The molecule has 1 amide bonds. The van der Waals surface area contributed by atoms with E-state index in [1.54, 1.807) is 23.9 Å². The van der Waals surface area contributed by atoms with Crippen molar-refractivity contribution < 1.29 is 14.7 Å². The molecule has 0 spiro atoms. The van der Waals surface area contributed by atoms with Crippen LogP contribution in [-0.4, -0.2) is 29.3 Å². The highest BCUT2D eigenvalue weighted by Crippen LogP contribution is 2.26. The van der Waals surface area contributed by atoms with Crippen LogP contribution in [0.15, 0.2) is 29.2 Å². The van der Waals surface area contributed by atoms with E-state index in [1.165, 1.54) is 0 Å². The lowest BCUT2D eigenvalue weighted by Crippen LogP contribution is -2.33. The standard InChI is InChI=1S/C14H17NO3S/c1-19-12-6-3-9(4-7-12)13(16)15-11-5-2-10(8-11)14(17)18/h3-4,6-7,10-11H,2,5,8H2,1H3,(H,15,16)(H,17,18). The third-order valence-electron chi connectivity index (χ3n) is 3.47. The van der Waals surface area contributed by atoms with Crippen LogP contribution in [0.25, 0.3) is 0 Å². The van der Waals surface area contributed by atoms with Gasteiger partial charge in [0.15, 0.2) is 0 Å². The smallest absolute Gasteiger partial charge is 0.306 e. The van der Waals surface area contributed by atoms with Gasteiger partial charge in [0, 0.05) is 16.5 Å². The van der Waals surface area contributed by atoms with Crippen molar-refractivity contribution in [1.29, 1.82) is 0 Å². The molecule has 2 unspecified atom stereocenters. The maximum atomic E-state index is 12.0. The van der Waals surface area contributed by atoms with Crippen molar-refractivity contribution in [2.24, 2.45) is 5.92 Å². The maximum absolute atomic E-state index is 12.0. The molecule has 1 fully saturated rings. The van der Waals surface area contributed by atoms with Crippen molar-refractivity contribution in [2.75, 3.05) is 6.26 Å². The van der Waals surface area contributed by atoms with Gasteiger partial charge in [0.05, 0.1) is 5.92 Å². The average molecular weight is 279 g/mol. The molecule has 102 valence electrons. The Morgan fingerprint density at radius 1 is 1.26 bits per heavy atom. The Balaban J connectivity index is 1.92. The third-order valence-corrected chi connectivity index (χ3v) is 4.21. The lowest BCUT2D eigenvalue weighted by Gasteiger charge is -2.12. The monoisotopic (exact) mass is 279 g/mol. The molecule has 1 aliphatic carbocycles. The van der Waals surface area contributed by atoms with Gasteiger partial charge >= 0.3 is 5.97 Å². The first-order chi connectivity index (χ1) is 9.10. The van der Waals surface area contributed by atoms with Crippen molar-refractivity contribution >= 4 is 23.6 Å². The zero-order chi connectivity index (χ0) is 13.8. The number of hydrogen-bond donors (Lipinski definition) is 2. The molecule has 0 aromatic heterocycles. The normalized spacial score (nSPS) is 22.2. The van der Waals surface area contributed by atoms with Crippen LogP contribution in [0, 0.1) is 5.92 Å². The number of thioether (sulfide) groups is 1. The highest BCUT2D eigenvalue weighted by molar-refractivity contribution is 7.98. The van der Waals surface area contributed by atoms with Crippen molar-refractivity contribution in [2.45, 2.75) is 30.2 Å². The Morgan fingerprint density at radius 3 is 2.47 bits per heavy atom. The third kappa shape index (κ3) is 3.50. The number of benzene rings is 1. The second-order valence-corrected chi connectivity index (χ2v) is 5.63. The summed E-state index contributed by atoms with van der Waals surface area (Å²) in [6.07, 6.45) is 3.90. The highest BCUT2D eigenvalue weighted by Gasteiger charge is 2.30. The number of rotatable bonds is 4. The largest absolute Gasteiger partial charge is 0.481 e. The van der Waals surface area contributed by atoms with E-state index in [-0.39, 0.29) is 17.9 Å². The summed E-state index contributed by atoms with van der Waals surface area (Å²) in [6.45, 7) is 0. The molecule has 0 aliphatic heterocycles. The van der Waals surface area contributed by atoms with Crippen LogP contribution in [0.3, 0.4) is 0 Å². The van der Waals surface area contributed by atoms with Gasteiger partial charge in [-0.15, -0.1) is 11.8 Å². The van der Waals surface area contributed by atoms with Crippen LogP contribution in [0.1, 0.15) is 29.6 Å². The summed E-state index contributed by atoms with van der Waals surface area (Å²) in [6, 6.07) is 7.40. The van der Waals surface area contributed by atoms with E-state index in [4.69, 9.17) is 5.11 Å². The number of carbonyl (C=O) groups is 2. The zero-order valence-electron chi connectivity index (χ0n) is 10.8. The molecule has 2 atom stereocenters. The Kier molecular flexibility index (Phi) is 4.47. The Hall–Kier alpha value is -1.49. The number of carbonyl (C=O) groups excluding carboxylic acids is 1. The lowest BCUT2D eigenvalue weighted by atomic mass is 10.1. The van der Waals surface area contributed by atoms with E-state index >= 15 is 0 Å². The second kappa shape index (κ2) is 6.10. The minimum Gasteiger partial charge on any atom is -0.481 e. The predicted octanol–water partition coefficient (Wildman–Crippen LogP) is 2.39. The fourth-order valence-electron chi connectivity index (χ4n) is 2.35. The second-order valence-electron chi connectivity index (χ2n) is 4.75. The minimum absolute atomic E-state index is 0.0196. The summed E-state index contributed by atoms with van der Waals surface area (Å²) in [5.74, 6) is -1.20. The molecule has 4 nitrogen and oxygen atoms in total. The first-order valence-electron chi connectivity index (χ1n) is 6.28. The van der Waals surface area contributed by atoms with Gasteiger partial charge in [0.1, 0.15) is 0 Å². The fraction of sp³-hybridized carbons (Fsp3) is 0.429. The molecule has 0 radical (unpaired) electrons. The molecule has 1 saturated carbocycles. The predicted molar refractivity (Wildman–Crippen MR) is 74.5 cm³/mol. The topological polar surface area (TPSA) is 66.4 Å². The van der Waals surface area contributed by atoms with Gasteiger partial charge < -0.3 is 10.4 Å². The van der Waals surface area contributed by atoms with Gasteiger partial charge in [-0.05, 0) is 49.8 Å². The molecule has 2 rings (SSSR count). The highest BCUT2D eigenvalue weighted by atomic mass is 32.2. The number of amides is 1. The summed E-state index contributed by atoms with van der Waals surface area (Å²) < 4.78 is 0. The summed E-state index contributed by atoms with van der Waals surface area (Å²) in [4.78, 5) is 24.0. The van der Waals surface area contributed by atoms with Gasteiger partial charge in [0.25, 0.3) is 5.91 Å².